The van der Waals surface area contributed by atoms with Crippen molar-refractivity contribution < 1.29 is 9.53 Å². The molecular formula is C27H29NO2. The number of rotatable bonds is 1. The molecule has 0 aromatic heterocycles. The highest BCUT2D eigenvalue weighted by Gasteiger charge is 2.40. The number of benzene rings is 3. The zero-order chi connectivity index (χ0) is 21.7. The Morgan fingerprint density at radius 3 is 2.10 bits per heavy atom. The van der Waals surface area contributed by atoms with Crippen molar-refractivity contribution in [1.29, 1.82) is 0 Å². The summed E-state index contributed by atoms with van der Waals surface area (Å²) in [5.41, 5.74) is 6.73. The number of nitrogens with zero attached hydrogens (tertiary/aromatic N) is 1. The van der Waals surface area contributed by atoms with Crippen LogP contribution in [0.4, 0.5) is 16.2 Å². The van der Waals surface area contributed by atoms with E-state index in [0.29, 0.717) is 0 Å². The van der Waals surface area contributed by atoms with E-state index in [2.05, 4.69) is 63.2 Å². The molecule has 3 heteroatoms. The fraction of sp³-hybridized carbons (Fsp3) is 0.296. The minimum absolute atomic E-state index is 0.245. The summed E-state index contributed by atoms with van der Waals surface area (Å²) in [5.74, 6) is 0. The molecule has 0 saturated carbocycles. The first kappa shape index (κ1) is 20.2. The second-order valence-corrected chi connectivity index (χ2v) is 9.56. The van der Waals surface area contributed by atoms with Gasteiger partial charge in [0.05, 0.1) is 11.4 Å². The molecule has 0 unspecified atom stereocenters. The third-order valence-electron chi connectivity index (χ3n) is 5.69. The average molecular weight is 400 g/mol. The standard InChI is InChI=1S/C27H29NO2/c1-18-11-13-19(14-12-18)20-15-16-24-22(17-20)27(5,6)21-9-7-8-10-23(21)28(24)25(29)30-26(2,3)4/h7-17H,1-6H3. The highest BCUT2D eigenvalue weighted by atomic mass is 16.6. The number of hydrogen-bond acceptors (Lipinski definition) is 2. The van der Waals surface area contributed by atoms with Gasteiger partial charge in [-0.2, -0.15) is 0 Å². The molecule has 1 aliphatic heterocycles. The van der Waals surface area contributed by atoms with E-state index in [9.17, 15) is 4.79 Å². The molecule has 0 spiro atoms. The van der Waals surface area contributed by atoms with Crippen LogP contribution in [0.1, 0.15) is 51.3 Å². The number of carbonyl (C=O) groups excluding carboxylic acids is 1. The Morgan fingerprint density at radius 2 is 1.43 bits per heavy atom. The van der Waals surface area contributed by atoms with Crippen LogP contribution >= 0.6 is 0 Å². The molecule has 3 aromatic carbocycles. The molecule has 0 aliphatic carbocycles. The Balaban J connectivity index is 1.90. The number of ether oxygens (including phenoxy) is 1. The molecule has 0 fully saturated rings. The molecule has 30 heavy (non-hydrogen) atoms. The van der Waals surface area contributed by atoms with Crippen molar-refractivity contribution >= 4 is 17.5 Å². The molecule has 3 aromatic rings. The molecule has 0 radical (unpaired) electrons. The fourth-order valence-electron chi connectivity index (χ4n) is 4.13. The van der Waals surface area contributed by atoms with Crippen LogP contribution in [0.3, 0.4) is 0 Å². The third kappa shape index (κ3) is 3.49. The second kappa shape index (κ2) is 7.02. The number of anilines is 2. The van der Waals surface area contributed by atoms with Crippen LogP contribution in [0.2, 0.25) is 0 Å². The van der Waals surface area contributed by atoms with Gasteiger partial charge in [0.1, 0.15) is 5.60 Å². The van der Waals surface area contributed by atoms with Gasteiger partial charge in [-0.05, 0) is 68.1 Å². The number of amides is 1. The SMILES string of the molecule is Cc1ccc(-c2ccc3c(c2)C(C)(C)c2ccccc2N3C(=O)OC(C)(C)C)cc1. The van der Waals surface area contributed by atoms with E-state index in [4.69, 9.17) is 4.74 Å². The van der Waals surface area contributed by atoms with Crippen molar-refractivity contribution in [2.24, 2.45) is 0 Å². The van der Waals surface area contributed by atoms with E-state index in [1.54, 1.807) is 4.90 Å². The summed E-state index contributed by atoms with van der Waals surface area (Å²) in [6, 6.07) is 23.0. The lowest BCUT2D eigenvalue weighted by atomic mass is 9.73. The average Bonchev–Trinajstić information content (AvgIpc) is 2.67. The van der Waals surface area contributed by atoms with Crippen molar-refractivity contribution in [3.63, 3.8) is 0 Å². The van der Waals surface area contributed by atoms with Gasteiger partial charge < -0.3 is 4.74 Å². The first-order chi connectivity index (χ1) is 14.1. The van der Waals surface area contributed by atoms with Crippen molar-refractivity contribution in [2.75, 3.05) is 4.90 Å². The van der Waals surface area contributed by atoms with Gasteiger partial charge in [-0.25, -0.2) is 9.69 Å². The van der Waals surface area contributed by atoms with Crippen LogP contribution in [-0.2, 0) is 10.2 Å². The number of para-hydroxylation sites is 1. The fourth-order valence-corrected chi connectivity index (χ4v) is 4.13. The number of aryl methyl sites for hydroxylation is 1. The van der Waals surface area contributed by atoms with Crippen molar-refractivity contribution in [3.05, 3.63) is 83.4 Å². The highest BCUT2D eigenvalue weighted by molar-refractivity contribution is 6.01. The predicted octanol–water partition coefficient (Wildman–Crippen LogP) is 7.37. The van der Waals surface area contributed by atoms with Crippen LogP contribution in [-0.4, -0.2) is 11.7 Å². The van der Waals surface area contributed by atoms with Crippen LogP contribution in [0.15, 0.2) is 66.7 Å². The smallest absolute Gasteiger partial charge is 0.419 e. The number of carbonyl (C=O) groups is 1. The highest BCUT2D eigenvalue weighted by Crippen LogP contribution is 2.50. The Morgan fingerprint density at radius 1 is 0.833 bits per heavy atom. The molecule has 1 heterocycles. The molecule has 0 atom stereocenters. The summed E-state index contributed by atoms with van der Waals surface area (Å²) in [6.07, 6.45) is -0.352. The van der Waals surface area contributed by atoms with Gasteiger partial charge in [0.2, 0.25) is 0 Å². The molecule has 154 valence electrons. The first-order valence-corrected chi connectivity index (χ1v) is 10.4. The van der Waals surface area contributed by atoms with E-state index < -0.39 is 5.60 Å². The van der Waals surface area contributed by atoms with Gasteiger partial charge in [-0.1, -0.05) is 67.9 Å². The lowest BCUT2D eigenvalue weighted by Gasteiger charge is -2.41. The molecule has 3 nitrogen and oxygen atoms in total. The molecule has 1 amide bonds. The molecule has 4 rings (SSSR count). The second-order valence-electron chi connectivity index (χ2n) is 9.56. The maximum atomic E-state index is 13.2. The maximum Gasteiger partial charge on any atom is 0.419 e. The third-order valence-corrected chi connectivity index (χ3v) is 5.69. The molecule has 0 saturated heterocycles. The molecular weight excluding hydrogens is 370 g/mol. The van der Waals surface area contributed by atoms with E-state index in [1.807, 2.05) is 45.0 Å². The monoisotopic (exact) mass is 399 g/mol. The van der Waals surface area contributed by atoms with E-state index in [1.165, 1.54) is 11.1 Å². The van der Waals surface area contributed by atoms with Crippen molar-refractivity contribution in [3.8, 4) is 11.1 Å². The lowest BCUT2D eigenvalue weighted by Crippen LogP contribution is -2.39. The lowest BCUT2D eigenvalue weighted by molar-refractivity contribution is 0.0597. The predicted molar refractivity (Wildman–Crippen MR) is 124 cm³/mol. The Kier molecular flexibility index (Phi) is 4.73. The zero-order valence-corrected chi connectivity index (χ0v) is 18.6. The van der Waals surface area contributed by atoms with Gasteiger partial charge >= 0.3 is 6.09 Å². The van der Waals surface area contributed by atoms with Crippen molar-refractivity contribution in [1.82, 2.24) is 0 Å². The van der Waals surface area contributed by atoms with Gasteiger partial charge in [0, 0.05) is 5.41 Å². The zero-order valence-electron chi connectivity index (χ0n) is 18.6. The van der Waals surface area contributed by atoms with Gasteiger partial charge in [0.15, 0.2) is 0 Å². The summed E-state index contributed by atoms with van der Waals surface area (Å²) in [7, 11) is 0. The summed E-state index contributed by atoms with van der Waals surface area (Å²) < 4.78 is 5.77. The largest absolute Gasteiger partial charge is 0.443 e. The van der Waals surface area contributed by atoms with E-state index in [-0.39, 0.29) is 11.5 Å². The molecule has 0 N–H and O–H groups in total. The number of hydrogen-bond donors (Lipinski definition) is 0. The van der Waals surface area contributed by atoms with Gasteiger partial charge in [-0.15, -0.1) is 0 Å². The van der Waals surface area contributed by atoms with Gasteiger partial charge in [0.25, 0.3) is 0 Å². The Bertz CT molecular complexity index is 1100. The summed E-state index contributed by atoms with van der Waals surface area (Å²) in [6.45, 7) is 12.2. The summed E-state index contributed by atoms with van der Waals surface area (Å²) in [5, 5.41) is 0. The summed E-state index contributed by atoms with van der Waals surface area (Å²) >= 11 is 0. The van der Waals surface area contributed by atoms with Crippen LogP contribution in [0.25, 0.3) is 11.1 Å². The van der Waals surface area contributed by atoms with Crippen LogP contribution < -0.4 is 4.90 Å². The summed E-state index contributed by atoms with van der Waals surface area (Å²) in [4.78, 5) is 15.0. The van der Waals surface area contributed by atoms with E-state index in [0.717, 1.165) is 28.1 Å². The van der Waals surface area contributed by atoms with Crippen LogP contribution in [0, 0.1) is 6.92 Å². The maximum absolute atomic E-state index is 13.2. The topological polar surface area (TPSA) is 29.5 Å². The van der Waals surface area contributed by atoms with Crippen LogP contribution in [0.5, 0.6) is 0 Å². The molecule has 1 aliphatic rings. The Hall–Kier alpha value is -3.07. The quantitative estimate of drug-likeness (QED) is 0.427. The normalized spacial score (nSPS) is 14.7. The van der Waals surface area contributed by atoms with Crippen molar-refractivity contribution in [2.45, 2.75) is 52.6 Å². The minimum atomic E-state index is -0.568. The minimum Gasteiger partial charge on any atom is -0.443 e. The first-order valence-electron chi connectivity index (χ1n) is 10.4. The van der Waals surface area contributed by atoms with Gasteiger partial charge in [-0.3, -0.25) is 0 Å². The number of fused-ring (bicyclic) bond motifs is 2. The van der Waals surface area contributed by atoms with E-state index >= 15 is 0 Å². The Labute approximate surface area is 179 Å². The molecule has 0 bridgehead atoms.